The lowest BCUT2D eigenvalue weighted by Crippen LogP contribution is -2.40. The van der Waals surface area contributed by atoms with Gasteiger partial charge in [0.05, 0.1) is 29.2 Å². The summed E-state index contributed by atoms with van der Waals surface area (Å²) in [7, 11) is 2.48. The minimum absolute atomic E-state index is 0.0354. The zero-order valence-electron chi connectivity index (χ0n) is 19.8. The van der Waals surface area contributed by atoms with Crippen molar-refractivity contribution in [2.45, 2.75) is 33.5 Å². The van der Waals surface area contributed by atoms with Crippen molar-refractivity contribution < 1.29 is 9.53 Å². The topological polar surface area (TPSA) is 166 Å². The molecule has 0 bridgehead atoms. The Bertz CT molecular complexity index is 1900. The highest BCUT2D eigenvalue weighted by atomic mass is 16.5. The number of fused-ring (bicyclic) bond motifs is 4. The molecule has 0 saturated heterocycles. The number of carbonyl (C=O) groups is 1. The lowest BCUT2D eigenvalue weighted by molar-refractivity contribution is -0.141. The Balaban J connectivity index is 1.94. The quantitative estimate of drug-likeness (QED) is 0.228. The third-order valence-corrected chi connectivity index (χ3v) is 6.08. The van der Waals surface area contributed by atoms with Crippen LogP contribution in [0, 0.1) is 0 Å². The predicted octanol–water partition coefficient (Wildman–Crippen LogP) is -0.821. The number of rotatable bonds is 4. The highest BCUT2D eigenvalue weighted by Gasteiger charge is 2.24. The normalized spacial score (nSPS) is 11.7. The van der Waals surface area contributed by atoms with E-state index in [-0.39, 0.29) is 23.0 Å². The molecule has 0 atom stereocenters. The van der Waals surface area contributed by atoms with Gasteiger partial charge in [0.1, 0.15) is 6.54 Å². The monoisotopic (exact) mass is 492 g/mol. The van der Waals surface area contributed by atoms with Crippen molar-refractivity contribution in [3.05, 3.63) is 53.8 Å². The third-order valence-electron chi connectivity index (χ3n) is 6.08. The van der Waals surface area contributed by atoms with Crippen LogP contribution in [0.25, 0.3) is 45.1 Å². The van der Waals surface area contributed by atoms with Gasteiger partial charge in [0.15, 0.2) is 23.0 Å². The second-order valence-electron chi connectivity index (χ2n) is 8.01. The molecule has 184 valence electrons. The number of hydrogen-bond donors (Lipinski definition) is 0. The first kappa shape index (κ1) is 23.0. The van der Waals surface area contributed by atoms with E-state index in [1.54, 1.807) is 21.3 Å². The summed E-state index contributed by atoms with van der Waals surface area (Å²) in [6.45, 7) is 3.75. The van der Waals surface area contributed by atoms with Crippen LogP contribution in [-0.4, -0.2) is 51.3 Å². The van der Waals surface area contributed by atoms with Crippen molar-refractivity contribution in [1.82, 2.24) is 38.2 Å². The molecule has 4 heterocycles. The molecular formula is C22H20N8O6. The number of carbonyl (C=O) groups excluding carboxylic acids is 1. The van der Waals surface area contributed by atoms with Gasteiger partial charge in [-0.25, -0.2) is 24.1 Å². The van der Waals surface area contributed by atoms with Gasteiger partial charge < -0.3 is 13.9 Å². The highest BCUT2D eigenvalue weighted by Crippen LogP contribution is 2.27. The molecule has 14 heteroatoms. The lowest BCUT2D eigenvalue weighted by atomic mass is 10.2. The number of esters is 1. The molecule has 0 aliphatic carbocycles. The molecule has 0 saturated carbocycles. The Morgan fingerprint density at radius 2 is 1.28 bits per heavy atom. The molecule has 4 aliphatic heterocycles. The molecule has 36 heavy (non-hydrogen) atoms. The molecule has 0 fully saturated rings. The maximum absolute atomic E-state index is 13.1. The second kappa shape index (κ2) is 8.18. The molecule has 0 radical (unpaired) electrons. The number of ether oxygens (including phenoxy) is 1. The minimum Gasteiger partial charge on any atom is -0.468 e. The summed E-state index contributed by atoms with van der Waals surface area (Å²) in [5.41, 5.74) is -1.14. The van der Waals surface area contributed by atoms with Crippen LogP contribution < -0.4 is 22.5 Å². The van der Waals surface area contributed by atoms with Crippen molar-refractivity contribution in [1.29, 1.82) is 0 Å². The van der Waals surface area contributed by atoms with Crippen molar-refractivity contribution in [2.24, 2.45) is 7.05 Å². The molecule has 1 aromatic rings. The molecule has 14 nitrogen and oxygen atoms in total. The number of aryl methyl sites for hydroxylation is 2. The van der Waals surface area contributed by atoms with Gasteiger partial charge in [-0.1, -0.05) is 0 Å². The van der Waals surface area contributed by atoms with Gasteiger partial charge in [-0.3, -0.25) is 19.0 Å². The Morgan fingerprint density at radius 3 is 1.78 bits per heavy atom. The molecule has 0 spiro atoms. The van der Waals surface area contributed by atoms with Crippen LogP contribution in [0.5, 0.6) is 0 Å². The van der Waals surface area contributed by atoms with E-state index >= 15 is 0 Å². The van der Waals surface area contributed by atoms with E-state index in [0.717, 1.165) is 11.7 Å². The number of hydrogen-bond acceptors (Lipinski definition) is 10. The first-order chi connectivity index (χ1) is 17.2. The number of nitrogens with zero attached hydrogens (tertiary/aromatic N) is 8. The number of methoxy groups -OCH3 is 1. The molecule has 0 aromatic heterocycles. The van der Waals surface area contributed by atoms with Gasteiger partial charge in [-0.15, -0.1) is 0 Å². The number of benzene rings is 1. The van der Waals surface area contributed by atoms with E-state index in [2.05, 4.69) is 24.7 Å². The Morgan fingerprint density at radius 1 is 0.778 bits per heavy atom. The van der Waals surface area contributed by atoms with Crippen LogP contribution in [0.3, 0.4) is 0 Å². The molecule has 0 unspecified atom stereocenters. The standard InChI is InChI=1S/C22H20N8O6/c1-5-28-12-8-11-13(7-10(12)23-15-17(28)25-21(34)27(3)19(15)32)29(6-2)18-16(24-11)20(33)30(22(35)26-18)9-14(31)36-4/h7-8H,5-6,9H2,1-4H3. The summed E-state index contributed by atoms with van der Waals surface area (Å²) in [5.74, 6) is -0.582. The Labute approximate surface area is 200 Å². The zero-order chi connectivity index (χ0) is 25.9. The molecule has 5 rings (SSSR count). The zero-order valence-corrected chi connectivity index (χ0v) is 19.8. The SMILES string of the molecule is CCn1c2nc(=O)n(C)c(=O)c-2nc2cc3c(cc21)nc1c(=O)n(CC(=O)OC)c(=O)nc-1n3CC. The smallest absolute Gasteiger partial charge is 0.353 e. The van der Waals surface area contributed by atoms with E-state index in [0.29, 0.717) is 39.7 Å². The fourth-order valence-electron chi connectivity index (χ4n) is 4.25. The Kier molecular flexibility index (Phi) is 5.23. The molecule has 4 aliphatic rings. The van der Waals surface area contributed by atoms with Gasteiger partial charge in [-0.2, -0.15) is 9.97 Å². The summed E-state index contributed by atoms with van der Waals surface area (Å²) in [4.78, 5) is 79.4. The fraction of sp³-hybridized carbons (Fsp3) is 0.318. The molecule has 0 N–H and O–H groups in total. The summed E-state index contributed by atoms with van der Waals surface area (Å²) in [6.07, 6.45) is 0. The van der Waals surface area contributed by atoms with Crippen molar-refractivity contribution in [3.63, 3.8) is 0 Å². The third kappa shape index (κ3) is 3.21. The van der Waals surface area contributed by atoms with Crippen LogP contribution in [0.2, 0.25) is 0 Å². The second-order valence-corrected chi connectivity index (χ2v) is 8.01. The first-order valence-electron chi connectivity index (χ1n) is 11.0. The minimum atomic E-state index is -0.905. The van der Waals surface area contributed by atoms with E-state index < -0.39 is 35.0 Å². The fourth-order valence-corrected chi connectivity index (χ4v) is 4.25. The van der Waals surface area contributed by atoms with Crippen molar-refractivity contribution in [3.8, 4) is 23.0 Å². The first-order valence-corrected chi connectivity index (χ1v) is 11.0. The van der Waals surface area contributed by atoms with E-state index in [4.69, 9.17) is 0 Å². The van der Waals surface area contributed by atoms with Gasteiger partial charge in [0, 0.05) is 20.1 Å². The van der Waals surface area contributed by atoms with Crippen molar-refractivity contribution >= 4 is 28.0 Å². The average molecular weight is 492 g/mol. The van der Waals surface area contributed by atoms with Crippen LogP contribution in [0.1, 0.15) is 13.8 Å². The van der Waals surface area contributed by atoms with Crippen LogP contribution in [0.4, 0.5) is 0 Å². The predicted molar refractivity (Wildman–Crippen MR) is 127 cm³/mol. The van der Waals surface area contributed by atoms with E-state index in [1.807, 2.05) is 13.8 Å². The molecule has 0 amide bonds. The lowest BCUT2D eigenvalue weighted by Gasteiger charge is -2.19. The van der Waals surface area contributed by atoms with Crippen molar-refractivity contribution in [2.75, 3.05) is 7.11 Å². The van der Waals surface area contributed by atoms with Gasteiger partial charge in [-0.05, 0) is 26.0 Å². The van der Waals surface area contributed by atoms with Gasteiger partial charge in [0.25, 0.3) is 11.1 Å². The Hall–Kier alpha value is -4.75. The average Bonchev–Trinajstić information content (AvgIpc) is 2.86. The van der Waals surface area contributed by atoms with E-state index in [1.165, 1.54) is 7.05 Å². The van der Waals surface area contributed by atoms with Crippen LogP contribution in [0.15, 0.2) is 31.3 Å². The highest BCUT2D eigenvalue weighted by molar-refractivity contribution is 5.94. The maximum atomic E-state index is 13.1. The number of aromatic nitrogens is 8. The van der Waals surface area contributed by atoms with Crippen LogP contribution >= 0.6 is 0 Å². The molecule has 1 aromatic carbocycles. The molecular weight excluding hydrogens is 472 g/mol. The summed E-state index contributed by atoms with van der Waals surface area (Å²) in [6, 6.07) is 3.36. The largest absolute Gasteiger partial charge is 0.468 e. The van der Waals surface area contributed by atoms with E-state index in [9.17, 15) is 24.0 Å². The summed E-state index contributed by atoms with van der Waals surface area (Å²) < 4.78 is 9.45. The maximum Gasteiger partial charge on any atom is 0.353 e. The van der Waals surface area contributed by atoms with Crippen LogP contribution in [-0.2, 0) is 36.2 Å². The summed E-state index contributed by atoms with van der Waals surface area (Å²) in [5, 5.41) is 0. The summed E-state index contributed by atoms with van der Waals surface area (Å²) >= 11 is 0. The van der Waals surface area contributed by atoms with Gasteiger partial charge in [0.2, 0.25) is 0 Å². The van der Waals surface area contributed by atoms with Gasteiger partial charge >= 0.3 is 17.3 Å².